The molecule has 0 aromatic heterocycles. The molecule has 1 saturated carbocycles. The number of carbonyl (C=O) groups is 1. The van der Waals surface area contributed by atoms with E-state index in [1.165, 1.54) is 19.3 Å². The molecule has 2 aliphatic heterocycles. The van der Waals surface area contributed by atoms with Gasteiger partial charge in [0.2, 0.25) is 0 Å². The molecule has 7 heteroatoms. The van der Waals surface area contributed by atoms with Crippen LogP contribution in [0, 0.1) is 5.92 Å². The van der Waals surface area contributed by atoms with E-state index in [1.807, 2.05) is 18.2 Å². The first-order valence-corrected chi connectivity index (χ1v) is 13.0. The van der Waals surface area contributed by atoms with Crippen molar-refractivity contribution in [3.05, 3.63) is 47.2 Å². The fraction of sp³-hybridized carbons (Fsp3) is 0.560. The summed E-state index contributed by atoms with van der Waals surface area (Å²) in [4.78, 5) is 15.9. The first-order chi connectivity index (χ1) is 15.5. The van der Waals surface area contributed by atoms with Crippen LogP contribution in [-0.2, 0) is 30.9 Å². The first-order valence-electron chi connectivity index (χ1n) is 11.7. The van der Waals surface area contributed by atoms with Crippen molar-refractivity contribution in [2.75, 3.05) is 23.9 Å². The minimum absolute atomic E-state index is 0.231. The number of allylic oxidation sites excluding steroid dienone is 3. The van der Waals surface area contributed by atoms with Gasteiger partial charge in [-0.2, -0.15) is 0 Å². The second-order valence-corrected chi connectivity index (χ2v) is 10.7. The van der Waals surface area contributed by atoms with E-state index in [9.17, 15) is 13.4 Å². The predicted molar refractivity (Wildman–Crippen MR) is 121 cm³/mol. The van der Waals surface area contributed by atoms with Gasteiger partial charge in [-0.1, -0.05) is 25.3 Å². The van der Waals surface area contributed by atoms with Crippen LogP contribution in [0.1, 0.15) is 57.4 Å². The Labute approximate surface area is 191 Å². The van der Waals surface area contributed by atoms with Gasteiger partial charge in [0.15, 0.2) is 0 Å². The number of alkyl halides is 1. The Kier molecular flexibility index (Phi) is 6.07. The maximum atomic E-state index is 14.0. The van der Waals surface area contributed by atoms with Crippen LogP contribution in [0.15, 0.2) is 46.5 Å². The number of anilines is 1. The van der Waals surface area contributed by atoms with E-state index < -0.39 is 22.8 Å². The number of nitrogens with zero attached hydrogens (tertiary/aromatic N) is 1. The van der Waals surface area contributed by atoms with Crippen LogP contribution in [0.4, 0.5) is 10.1 Å². The molecule has 2 heterocycles. The van der Waals surface area contributed by atoms with Crippen LogP contribution in [0.2, 0.25) is 0 Å². The van der Waals surface area contributed by atoms with Gasteiger partial charge in [0.05, 0.1) is 29.7 Å². The highest BCUT2D eigenvalue weighted by Crippen LogP contribution is 2.48. The normalized spacial score (nSPS) is 26.6. The first kappa shape index (κ1) is 22.0. The van der Waals surface area contributed by atoms with Gasteiger partial charge in [-0.05, 0) is 62.0 Å². The van der Waals surface area contributed by atoms with E-state index in [0.29, 0.717) is 58.7 Å². The SMILES string of the molecule is CC1=CC(N2C(=O)C3(OCCCO3)c3cc(S(=O)CC4CCCCC4)ccc32)=CCC1F. The summed E-state index contributed by atoms with van der Waals surface area (Å²) in [6.45, 7) is 2.56. The van der Waals surface area contributed by atoms with Crippen molar-refractivity contribution in [1.29, 1.82) is 0 Å². The third-order valence-electron chi connectivity index (χ3n) is 6.98. The molecule has 4 aliphatic rings. The molecule has 1 amide bonds. The third-order valence-corrected chi connectivity index (χ3v) is 8.54. The van der Waals surface area contributed by atoms with Crippen LogP contribution in [-0.4, -0.2) is 35.3 Å². The lowest BCUT2D eigenvalue weighted by Crippen LogP contribution is -2.47. The summed E-state index contributed by atoms with van der Waals surface area (Å²) in [6, 6.07) is 5.51. The molecular weight excluding hydrogens is 429 g/mol. The Morgan fingerprint density at radius 3 is 2.62 bits per heavy atom. The molecule has 5 rings (SSSR count). The number of rotatable bonds is 4. The summed E-state index contributed by atoms with van der Waals surface area (Å²) in [5.41, 5.74) is 2.48. The maximum absolute atomic E-state index is 14.0. The van der Waals surface area contributed by atoms with Gasteiger partial charge < -0.3 is 9.47 Å². The maximum Gasteiger partial charge on any atom is 0.297 e. The van der Waals surface area contributed by atoms with E-state index in [4.69, 9.17) is 9.47 Å². The monoisotopic (exact) mass is 459 g/mol. The molecule has 2 unspecified atom stereocenters. The number of fused-ring (bicyclic) bond motifs is 2. The summed E-state index contributed by atoms with van der Waals surface area (Å²) < 4.78 is 39.2. The fourth-order valence-corrected chi connectivity index (χ4v) is 6.59. The Morgan fingerprint density at radius 1 is 1.16 bits per heavy atom. The summed E-state index contributed by atoms with van der Waals surface area (Å²) in [5.74, 6) is -0.708. The highest BCUT2D eigenvalue weighted by atomic mass is 32.2. The average molecular weight is 460 g/mol. The van der Waals surface area contributed by atoms with Crippen molar-refractivity contribution in [2.45, 2.75) is 68.7 Å². The number of carbonyl (C=O) groups excluding carboxylic acids is 1. The lowest BCUT2D eigenvalue weighted by molar-refractivity contribution is -0.256. The molecule has 172 valence electrons. The molecule has 0 N–H and O–H groups in total. The van der Waals surface area contributed by atoms with Crippen molar-refractivity contribution in [2.24, 2.45) is 5.92 Å². The van der Waals surface area contributed by atoms with Gasteiger partial charge in [0.25, 0.3) is 11.7 Å². The minimum atomic E-state index is -1.52. The standard InChI is InChI=1S/C25H30FNO4S/c1-17-14-19(8-10-22(17)26)27-23-11-9-20(32(29)16-18-6-3-2-4-7-18)15-21(23)25(24(27)28)30-12-5-13-31-25/h8-9,11,14-15,18,22H,2-7,10,12-13,16H2,1H3. The topological polar surface area (TPSA) is 55.8 Å². The molecule has 2 atom stereocenters. The smallest absolute Gasteiger partial charge is 0.297 e. The van der Waals surface area contributed by atoms with E-state index in [2.05, 4.69) is 0 Å². The zero-order valence-corrected chi connectivity index (χ0v) is 19.3. The Morgan fingerprint density at radius 2 is 1.91 bits per heavy atom. The van der Waals surface area contributed by atoms with Crippen LogP contribution in [0.3, 0.4) is 0 Å². The Hall–Kier alpha value is -1.83. The highest BCUT2D eigenvalue weighted by Gasteiger charge is 2.56. The molecule has 1 spiro atoms. The summed E-state index contributed by atoms with van der Waals surface area (Å²) in [7, 11) is -1.15. The number of hydrogen-bond donors (Lipinski definition) is 0. The molecule has 2 fully saturated rings. The van der Waals surface area contributed by atoms with Gasteiger partial charge in [-0.15, -0.1) is 0 Å². The van der Waals surface area contributed by atoms with Crippen molar-refractivity contribution in [3.8, 4) is 0 Å². The minimum Gasteiger partial charge on any atom is -0.338 e. The van der Waals surface area contributed by atoms with E-state index in [1.54, 1.807) is 24.0 Å². The lowest BCUT2D eigenvalue weighted by atomic mass is 9.91. The molecular formula is C25H30FNO4S. The quantitative estimate of drug-likeness (QED) is 0.644. The number of benzene rings is 1. The Bertz CT molecular complexity index is 992. The third kappa shape index (κ3) is 3.78. The molecule has 32 heavy (non-hydrogen) atoms. The van der Waals surface area contributed by atoms with E-state index in [-0.39, 0.29) is 12.3 Å². The van der Waals surface area contributed by atoms with Crippen molar-refractivity contribution in [1.82, 2.24) is 0 Å². The second-order valence-electron chi connectivity index (χ2n) is 9.22. The number of amides is 1. The summed E-state index contributed by atoms with van der Waals surface area (Å²) in [6.07, 6.45) is 9.33. The molecule has 0 radical (unpaired) electrons. The Balaban J connectivity index is 1.51. The molecule has 1 aromatic carbocycles. The fourth-order valence-electron chi connectivity index (χ4n) is 5.17. The van der Waals surface area contributed by atoms with Gasteiger partial charge in [0, 0.05) is 28.3 Å². The van der Waals surface area contributed by atoms with Crippen molar-refractivity contribution >= 4 is 22.4 Å². The average Bonchev–Trinajstić information content (AvgIpc) is 3.04. The molecule has 5 nitrogen and oxygen atoms in total. The van der Waals surface area contributed by atoms with Crippen LogP contribution in [0.25, 0.3) is 0 Å². The van der Waals surface area contributed by atoms with Crippen LogP contribution >= 0.6 is 0 Å². The highest BCUT2D eigenvalue weighted by molar-refractivity contribution is 7.85. The largest absolute Gasteiger partial charge is 0.338 e. The van der Waals surface area contributed by atoms with E-state index in [0.717, 1.165) is 12.8 Å². The lowest BCUT2D eigenvalue weighted by Gasteiger charge is -2.33. The molecule has 0 bridgehead atoms. The number of halogens is 1. The zero-order chi connectivity index (χ0) is 22.3. The van der Waals surface area contributed by atoms with Crippen LogP contribution < -0.4 is 4.90 Å². The van der Waals surface area contributed by atoms with Gasteiger partial charge in [0.1, 0.15) is 6.17 Å². The van der Waals surface area contributed by atoms with Gasteiger partial charge >= 0.3 is 0 Å². The van der Waals surface area contributed by atoms with Crippen molar-refractivity contribution in [3.63, 3.8) is 0 Å². The summed E-state index contributed by atoms with van der Waals surface area (Å²) >= 11 is 0. The predicted octanol–water partition coefficient (Wildman–Crippen LogP) is 4.88. The van der Waals surface area contributed by atoms with Crippen molar-refractivity contribution < 1.29 is 22.9 Å². The van der Waals surface area contributed by atoms with Gasteiger partial charge in [-0.3, -0.25) is 13.9 Å². The van der Waals surface area contributed by atoms with Crippen LogP contribution in [0.5, 0.6) is 0 Å². The zero-order valence-electron chi connectivity index (χ0n) is 18.5. The molecule has 2 aliphatic carbocycles. The molecule has 1 saturated heterocycles. The van der Waals surface area contributed by atoms with E-state index >= 15 is 0 Å². The summed E-state index contributed by atoms with van der Waals surface area (Å²) in [5, 5.41) is 0. The second kappa shape index (κ2) is 8.84. The molecule has 1 aromatic rings. The number of hydrogen-bond acceptors (Lipinski definition) is 4. The van der Waals surface area contributed by atoms with Gasteiger partial charge in [-0.25, -0.2) is 4.39 Å². The number of ether oxygens (including phenoxy) is 2.